The normalized spacial score (nSPS) is 21.7. The fourth-order valence-corrected chi connectivity index (χ4v) is 2.22. The van der Waals surface area contributed by atoms with E-state index in [1.807, 2.05) is 6.07 Å². The molecule has 1 unspecified atom stereocenters. The molecule has 1 aromatic rings. The van der Waals surface area contributed by atoms with Crippen LogP contribution >= 0.6 is 0 Å². The van der Waals surface area contributed by atoms with Gasteiger partial charge in [-0.1, -0.05) is 6.92 Å². The zero-order chi connectivity index (χ0) is 10.7. The molecule has 15 heavy (non-hydrogen) atoms. The third-order valence-corrected chi connectivity index (χ3v) is 3.06. The molecule has 2 heterocycles. The molecule has 1 aromatic heterocycles. The molecule has 0 spiro atoms. The van der Waals surface area contributed by atoms with Crippen LogP contribution in [0.5, 0.6) is 0 Å². The van der Waals surface area contributed by atoms with E-state index < -0.39 is 0 Å². The highest BCUT2D eigenvalue weighted by atomic mass is 16.1. The van der Waals surface area contributed by atoms with Crippen LogP contribution in [-0.4, -0.2) is 22.8 Å². The largest absolute Gasteiger partial charge is 0.352 e. The van der Waals surface area contributed by atoms with Crippen LogP contribution in [0.25, 0.3) is 0 Å². The number of nitrogens with zero attached hydrogens (tertiary/aromatic N) is 2. The fourth-order valence-electron chi connectivity index (χ4n) is 2.22. The van der Waals surface area contributed by atoms with E-state index >= 15 is 0 Å². The summed E-state index contributed by atoms with van der Waals surface area (Å²) < 4.78 is 0. The Balaban J connectivity index is 2.20. The quantitative estimate of drug-likeness (QED) is 0.800. The van der Waals surface area contributed by atoms with Crippen LogP contribution in [0.2, 0.25) is 0 Å². The van der Waals surface area contributed by atoms with Crippen LogP contribution in [0.4, 0.5) is 5.82 Å². The van der Waals surface area contributed by atoms with E-state index in [9.17, 15) is 4.79 Å². The van der Waals surface area contributed by atoms with Crippen LogP contribution in [-0.2, 0) is 0 Å². The predicted molar refractivity (Wildman–Crippen MR) is 60.1 cm³/mol. The molecule has 0 amide bonds. The SMILES string of the molecule is CCC1CCCCN1c1ccc(=O)[nH]n1. The minimum absolute atomic E-state index is 0.135. The highest BCUT2D eigenvalue weighted by Crippen LogP contribution is 2.23. The Hall–Kier alpha value is -1.32. The summed E-state index contributed by atoms with van der Waals surface area (Å²) in [5, 5.41) is 6.58. The summed E-state index contributed by atoms with van der Waals surface area (Å²) in [6.07, 6.45) is 4.90. The van der Waals surface area contributed by atoms with Crippen LogP contribution < -0.4 is 10.5 Å². The molecule has 0 bridgehead atoms. The molecule has 4 nitrogen and oxygen atoms in total. The number of nitrogens with one attached hydrogen (secondary N) is 1. The lowest BCUT2D eigenvalue weighted by molar-refractivity contribution is 0.445. The van der Waals surface area contributed by atoms with Gasteiger partial charge in [0.2, 0.25) is 0 Å². The highest BCUT2D eigenvalue weighted by Gasteiger charge is 2.21. The Kier molecular flexibility index (Phi) is 3.04. The van der Waals surface area contributed by atoms with Crippen molar-refractivity contribution in [2.75, 3.05) is 11.4 Å². The average Bonchev–Trinajstić information content (AvgIpc) is 2.30. The summed E-state index contributed by atoms with van der Waals surface area (Å²) in [6, 6.07) is 3.94. The number of H-pyrrole nitrogens is 1. The second-order valence-corrected chi connectivity index (χ2v) is 4.03. The molecule has 1 saturated heterocycles. The van der Waals surface area contributed by atoms with Gasteiger partial charge in [0, 0.05) is 18.7 Å². The Morgan fingerprint density at radius 3 is 3.07 bits per heavy atom. The molecule has 1 N–H and O–H groups in total. The third-order valence-electron chi connectivity index (χ3n) is 3.06. The first-order valence-corrected chi connectivity index (χ1v) is 5.63. The van der Waals surface area contributed by atoms with E-state index in [1.54, 1.807) is 6.07 Å². The maximum Gasteiger partial charge on any atom is 0.264 e. The predicted octanol–water partition coefficient (Wildman–Crippen LogP) is 1.54. The highest BCUT2D eigenvalue weighted by molar-refractivity contribution is 5.38. The molecular formula is C11H17N3O. The summed E-state index contributed by atoms with van der Waals surface area (Å²) in [6.45, 7) is 3.26. The minimum Gasteiger partial charge on any atom is -0.352 e. The Bertz CT molecular complexity index is 354. The summed E-state index contributed by atoms with van der Waals surface area (Å²) in [5.74, 6) is 0.904. The van der Waals surface area contributed by atoms with E-state index in [1.165, 1.54) is 19.3 Å². The van der Waals surface area contributed by atoms with E-state index in [0.717, 1.165) is 18.8 Å². The molecule has 0 aromatic carbocycles. The Morgan fingerprint density at radius 1 is 1.53 bits per heavy atom. The van der Waals surface area contributed by atoms with Gasteiger partial charge in [-0.3, -0.25) is 4.79 Å². The number of rotatable bonds is 2. The van der Waals surface area contributed by atoms with Crippen molar-refractivity contribution in [3.63, 3.8) is 0 Å². The molecule has 1 aliphatic rings. The van der Waals surface area contributed by atoms with Gasteiger partial charge in [-0.15, -0.1) is 0 Å². The number of hydrogen-bond acceptors (Lipinski definition) is 3. The Labute approximate surface area is 89.3 Å². The first kappa shape index (κ1) is 10.2. The lowest BCUT2D eigenvalue weighted by Crippen LogP contribution is -2.40. The first-order valence-electron chi connectivity index (χ1n) is 5.63. The van der Waals surface area contributed by atoms with Gasteiger partial charge in [-0.05, 0) is 31.7 Å². The van der Waals surface area contributed by atoms with Gasteiger partial charge in [0.25, 0.3) is 5.56 Å². The first-order chi connectivity index (χ1) is 7.31. The maximum atomic E-state index is 10.9. The number of piperidine rings is 1. The van der Waals surface area contributed by atoms with Crippen LogP contribution in [0.1, 0.15) is 32.6 Å². The van der Waals surface area contributed by atoms with Crippen LogP contribution in [0.15, 0.2) is 16.9 Å². The molecule has 1 atom stereocenters. The number of aromatic amines is 1. The molecule has 4 heteroatoms. The summed E-state index contributed by atoms with van der Waals surface area (Å²) >= 11 is 0. The van der Waals surface area contributed by atoms with Crippen molar-refractivity contribution in [1.29, 1.82) is 0 Å². The van der Waals surface area contributed by atoms with Crippen molar-refractivity contribution in [2.45, 2.75) is 38.6 Å². The van der Waals surface area contributed by atoms with Crippen molar-refractivity contribution < 1.29 is 0 Å². The summed E-state index contributed by atoms with van der Waals surface area (Å²) in [5.41, 5.74) is -0.135. The van der Waals surface area contributed by atoms with Gasteiger partial charge in [0.05, 0.1) is 0 Å². The van der Waals surface area contributed by atoms with Crippen molar-refractivity contribution in [1.82, 2.24) is 10.2 Å². The molecule has 1 aliphatic heterocycles. The molecule has 2 rings (SSSR count). The smallest absolute Gasteiger partial charge is 0.264 e. The zero-order valence-corrected chi connectivity index (χ0v) is 9.07. The number of anilines is 1. The van der Waals surface area contributed by atoms with Crippen molar-refractivity contribution >= 4 is 5.82 Å². The zero-order valence-electron chi connectivity index (χ0n) is 9.07. The van der Waals surface area contributed by atoms with Crippen LogP contribution in [0.3, 0.4) is 0 Å². The molecule has 0 saturated carbocycles. The maximum absolute atomic E-state index is 10.9. The summed E-state index contributed by atoms with van der Waals surface area (Å²) in [4.78, 5) is 13.2. The fraction of sp³-hybridized carbons (Fsp3) is 0.636. The molecule has 0 radical (unpaired) electrons. The average molecular weight is 207 g/mol. The minimum atomic E-state index is -0.135. The van der Waals surface area contributed by atoms with E-state index in [0.29, 0.717) is 6.04 Å². The van der Waals surface area contributed by atoms with Gasteiger partial charge in [-0.2, -0.15) is 5.10 Å². The van der Waals surface area contributed by atoms with Gasteiger partial charge >= 0.3 is 0 Å². The monoisotopic (exact) mass is 207 g/mol. The summed E-state index contributed by atoms with van der Waals surface area (Å²) in [7, 11) is 0. The number of aromatic nitrogens is 2. The van der Waals surface area contributed by atoms with Crippen molar-refractivity contribution in [3.8, 4) is 0 Å². The molecular weight excluding hydrogens is 190 g/mol. The van der Waals surface area contributed by atoms with E-state index in [2.05, 4.69) is 22.0 Å². The second kappa shape index (κ2) is 4.47. The van der Waals surface area contributed by atoms with Crippen molar-refractivity contribution in [2.24, 2.45) is 0 Å². The standard InChI is InChI=1S/C11H17N3O/c1-2-9-5-3-4-8-14(9)10-6-7-11(15)13-12-10/h6-7,9H,2-5,8H2,1H3,(H,13,15). The van der Waals surface area contributed by atoms with E-state index in [4.69, 9.17) is 0 Å². The van der Waals surface area contributed by atoms with E-state index in [-0.39, 0.29) is 5.56 Å². The number of hydrogen-bond donors (Lipinski definition) is 1. The van der Waals surface area contributed by atoms with Gasteiger partial charge in [0.1, 0.15) is 5.82 Å². The molecule has 0 aliphatic carbocycles. The van der Waals surface area contributed by atoms with Gasteiger partial charge < -0.3 is 4.90 Å². The Morgan fingerprint density at radius 2 is 2.40 bits per heavy atom. The molecule has 1 fully saturated rings. The van der Waals surface area contributed by atoms with Crippen molar-refractivity contribution in [3.05, 3.63) is 22.5 Å². The second-order valence-electron chi connectivity index (χ2n) is 4.03. The van der Waals surface area contributed by atoms with Gasteiger partial charge in [0.15, 0.2) is 0 Å². The third kappa shape index (κ3) is 2.19. The van der Waals surface area contributed by atoms with Crippen LogP contribution in [0, 0.1) is 0 Å². The topological polar surface area (TPSA) is 49.0 Å². The lowest BCUT2D eigenvalue weighted by atomic mass is 10.0. The lowest BCUT2D eigenvalue weighted by Gasteiger charge is -2.35. The molecule has 82 valence electrons. The van der Waals surface area contributed by atoms with Gasteiger partial charge in [-0.25, -0.2) is 5.10 Å².